The number of carbonyl (C=O) groups excluding carboxylic acids is 3. The van der Waals surface area contributed by atoms with Crippen LogP contribution in [0.15, 0.2) is 127 Å². The Morgan fingerprint density at radius 1 is 0.923 bits per heavy atom. The Balaban J connectivity index is 1.21. The molecule has 0 radical (unpaired) electrons. The minimum Gasteiger partial charge on any atom is -0.506 e. The van der Waals surface area contributed by atoms with Crippen molar-refractivity contribution in [2.45, 2.75) is 52.2 Å². The molecule has 1 atom stereocenters. The number of amides is 2. The van der Waals surface area contributed by atoms with Crippen LogP contribution in [-0.2, 0) is 21.0 Å². The largest absolute Gasteiger partial charge is 0.506 e. The summed E-state index contributed by atoms with van der Waals surface area (Å²) in [5.41, 5.74) is 4.40. The number of ether oxygens (including phenoxy) is 1. The molecule has 0 unspecified atom stereocenters. The van der Waals surface area contributed by atoms with E-state index in [1.807, 2.05) is 97.5 Å². The molecule has 264 valence electrons. The van der Waals surface area contributed by atoms with Gasteiger partial charge in [0.05, 0.1) is 11.7 Å². The van der Waals surface area contributed by atoms with Gasteiger partial charge in [-0.15, -0.1) is 0 Å². The van der Waals surface area contributed by atoms with Gasteiger partial charge < -0.3 is 25.0 Å². The first-order valence-electron chi connectivity index (χ1n) is 17.2. The number of anilines is 3. The minimum absolute atomic E-state index is 0.0736. The molecular formula is C42H39ClN4O5. The third-order valence-corrected chi connectivity index (χ3v) is 9.74. The fourth-order valence-electron chi connectivity index (χ4n) is 6.96. The molecule has 1 aromatic heterocycles. The Morgan fingerprint density at radius 2 is 1.67 bits per heavy atom. The molecular weight excluding hydrogens is 676 g/mol. The number of Topliss-reactive ketones (excluding diaryl/α,β-unsaturated/α-hetero) is 1. The highest BCUT2D eigenvalue weighted by Gasteiger charge is 2.44. The molecule has 1 aliphatic heterocycles. The van der Waals surface area contributed by atoms with E-state index in [4.69, 9.17) is 16.3 Å². The number of benzene rings is 4. The fraction of sp³-hybridized carbons (Fsp3) is 0.214. The monoisotopic (exact) mass is 714 g/mol. The normalized spacial score (nSPS) is 16.3. The van der Waals surface area contributed by atoms with E-state index in [1.54, 1.807) is 30.3 Å². The molecule has 0 fully saturated rings. The number of hydrogen-bond acceptors (Lipinski definition) is 6. The van der Waals surface area contributed by atoms with Crippen LogP contribution in [0.5, 0.6) is 11.5 Å². The number of fused-ring (bicyclic) bond motifs is 1. The van der Waals surface area contributed by atoms with Crippen molar-refractivity contribution in [3.05, 3.63) is 143 Å². The van der Waals surface area contributed by atoms with Gasteiger partial charge in [0.25, 0.3) is 0 Å². The van der Waals surface area contributed by atoms with Crippen LogP contribution in [0.2, 0.25) is 5.02 Å². The van der Waals surface area contributed by atoms with Crippen molar-refractivity contribution < 1.29 is 24.2 Å². The van der Waals surface area contributed by atoms with Crippen LogP contribution >= 0.6 is 11.6 Å². The summed E-state index contributed by atoms with van der Waals surface area (Å²) < 4.78 is 8.01. The highest BCUT2D eigenvalue weighted by atomic mass is 35.5. The van der Waals surface area contributed by atoms with E-state index in [0.717, 1.165) is 11.3 Å². The molecule has 1 aliphatic carbocycles. The summed E-state index contributed by atoms with van der Waals surface area (Å²) in [6.07, 6.45) is 4.35. The lowest BCUT2D eigenvalue weighted by molar-refractivity contribution is -0.123. The lowest BCUT2D eigenvalue weighted by Crippen LogP contribution is -2.40. The van der Waals surface area contributed by atoms with Crippen molar-refractivity contribution in [1.82, 2.24) is 4.57 Å². The number of rotatable bonds is 9. The molecule has 10 heteroatoms. The number of hydrogen-bond donors (Lipinski definition) is 3. The smallest absolute Gasteiger partial charge is 0.228 e. The van der Waals surface area contributed by atoms with Crippen LogP contribution in [0.25, 0.3) is 5.69 Å². The van der Waals surface area contributed by atoms with E-state index in [1.165, 1.54) is 11.0 Å². The van der Waals surface area contributed by atoms with Crippen molar-refractivity contribution in [2.75, 3.05) is 15.5 Å². The Hall–Kier alpha value is -5.80. The van der Waals surface area contributed by atoms with Crippen molar-refractivity contribution in [3.63, 3.8) is 0 Å². The SMILES string of the molecule is CC1(C)CC(=O)C2=C(C1)Nc1c(O)cccc1N(C(=O)CCC(=O)Nc1ccc(-n3cccc3)cc1)[C@H]2c1ccc(OCc2ccccc2)cc1Cl. The molecule has 52 heavy (non-hydrogen) atoms. The van der Waals surface area contributed by atoms with Gasteiger partial charge in [0.1, 0.15) is 23.8 Å². The Labute approximate surface area is 307 Å². The number of phenols is 1. The molecule has 2 heterocycles. The number of aromatic hydroxyl groups is 1. The van der Waals surface area contributed by atoms with Crippen molar-refractivity contribution in [2.24, 2.45) is 5.41 Å². The third kappa shape index (κ3) is 7.31. The van der Waals surface area contributed by atoms with Crippen LogP contribution in [0.3, 0.4) is 0 Å². The Kier molecular flexibility index (Phi) is 9.62. The zero-order valence-electron chi connectivity index (χ0n) is 28.9. The first-order valence-corrected chi connectivity index (χ1v) is 17.6. The molecule has 0 bridgehead atoms. The fourth-order valence-corrected chi connectivity index (χ4v) is 7.23. The zero-order valence-corrected chi connectivity index (χ0v) is 29.7. The van der Waals surface area contributed by atoms with E-state index in [2.05, 4.69) is 10.6 Å². The van der Waals surface area contributed by atoms with Gasteiger partial charge in [-0.05, 0) is 83.6 Å². The summed E-state index contributed by atoms with van der Waals surface area (Å²) >= 11 is 7.04. The second-order valence-corrected chi connectivity index (χ2v) is 14.3. The van der Waals surface area contributed by atoms with Crippen LogP contribution in [0.1, 0.15) is 56.7 Å². The summed E-state index contributed by atoms with van der Waals surface area (Å²) in [6.45, 7) is 4.37. The molecule has 0 saturated heterocycles. The van der Waals surface area contributed by atoms with Crippen molar-refractivity contribution in [1.29, 1.82) is 0 Å². The minimum atomic E-state index is -0.943. The van der Waals surface area contributed by atoms with E-state index in [-0.39, 0.29) is 42.1 Å². The number of nitrogens with zero attached hydrogens (tertiary/aromatic N) is 2. The topological polar surface area (TPSA) is 113 Å². The van der Waals surface area contributed by atoms with Gasteiger partial charge in [0.15, 0.2) is 5.78 Å². The molecule has 7 rings (SSSR count). The molecule has 9 nitrogen and oxygen atoms in total. The van der Waals surface area contributed by atoms with Gasteiger partial charge >= 0.3 is 0 Å². The van der Waals surface area contributed by atoms with Crippen LogP contribution in [0.4, 0.5) is 17.1 Å². The number of ketones is 1. The third-order valence-electron chi connectivity index (χ3n) is 9.41. The standard InChI is InChI=1S/C42H39ClN4O5/c1-42(2)24-33-39(36(49)25-42)41(31-18-17-30(23-32(31)43)52-26-27-9-4-3-5-10-27)47(34-11-8-12-35(48)40(34)45-33)38(51)20-19-37(50)44-28-13-15-29(16-14-28)46-21-6-7-22-46/h3-18,21-23,41,45,48H,19-20,24-26H2,1-2H3,(H,44,50)/t41-/m0/s1. The predicted molar refractivity (Wildman–Crippen MR) is 203 cm³/mol. The zero-order chi connectivity index (χ0) is 36.4. The second kappa shape index (κ2) is 14.4. The number of halogens is 1. The van der Waals surface area contributed by atoms with E-state index < -0.39 is 11.9 Å². The van der Waals surface area contributed by atoms with Gasteiger partial charge in [-0.3, -0.25) is 19.3 Å². The highest BCUT2D eigenvalue weighted by molar-refractivity contribution is 6.31. The summed E-state index contributed by atoms with van der Waals surface area (Å²) in [6, 6.07) is 30.3. The summed E-state index contributed by atoms with van der Waals surface area (Å²) in [4.78, 5) is 43.4. The van der Waals surface area contributed by atoms with Crippen molar-refractivity contribution in [3.8, 4) is 17.2 Å². The number of nitrogens with one attached hydrogen (secondary N) is 2. The molecule has 2 amide bonds. The van der Waals surface area contributed by atoms with E-state index in [0.29, 0.717) is 57.7 Å². The van der Waals surface area contributed by atoms with Crippen LogP contribution in [0, 0.1) is 5.41 Å². The molecule has 4 aromatic carbocycles. The number of aromatic nitrogens is 1. The lowest BCUT2D eigenvalue weighted by Gasteiger charge is -2.37. The first-order chi connectivity index (χ1) is 25.1. The molecule has 5 aromatic rings. The molecule has 3 N–H and O–H groups in total. The quantitative estimate of drug-likeness (QED) is 0.131. The Bertz CT molecular complexity index is 2160. The van der Waals surface area contributed by atoms with Gasteiger partial charge in [-0.2, -0.15) is 0 Å². The average molecular weight is 715 g/mol. The molecule has 0 spiro atoms. The van der Waals surface area contributed by atoms with Gasteiger partial charge in [0, 0.05) is 59.3 Å². The molecule has 2 aliphatic rings. The number of allylic oxidation sites excluding steroid dienone is 1. The number of phenolic OH excluding ortho intramolecular Hbond substituents is 1. The number of carbonyl (C=O) groups is 3. The van der Waals surface area contributed by atoms with Crippen LogP contribution < -0.4 is 20.3 Å². The summed E-state index contributed by atoms with van der Waals surface area (Å²) in [5, 5.41) is 17.7. The summed E-state index contributed by atoms with van der Waals surface area (Å²) in [5.74, 6) is -0.422. The average Bonchev–Trinajstić information content (AvgIpc) is 3.61. The lowest BCUT2D eigenvalue weighted by atomic mass is 9.73. The van der Waals surface area contributed by atoms with Gasteiger partial charge in [-0.25, -0.2) is 0 Å². The van der Waals surface area contributed by atoms with E-state index in [9.17, 15) is 19.5 Å². The summed E-state index contributed by atoms with van der Waals surface area (Å²) in [7, 11) is 0. The Morgan fingerprint density at radius 3 is 2.40 bits per heavy atom. The predicted octanol–water partition coefficient (Wildman–Crippen LogP) is 8.98. The maximum atomic E-state index is 14.5. The van der Waals surface area contributed by atoms with Gasteiger partial charge in [0.2, 0.25) is 11.8 Å². The van der Waals surface area contributed by atoms with E-state index >= 15 is 0 Å². The first kappa shape index (κ1) is 34.6. The van der Waals surface area contributed by atoms with Crippen molar-refractivity contribution >= 4 is 46.3 Å². The van der Waals surface area contributed by atoms with Gasteiger partial charge in [-0.1, -0.05) is 67.9 Å². The van der Waals surface area contributed by atoms with Crippen LogP contribution in [-0.4, -0.2) is 27.3 Å². The molecule has 0 saturated carbocycles. The highest BCUT2D eigenvalue weighted by Crippen LogP contribution is 2.51. The maximum Gasteiger partial charge on any atom is 0.228 e. The number of para-hydroxylation sites is 1. The second-order valence-electron chi connectivity index (χ2n) is 13.9. The maximum absolute atomic E-state index is 14.5.